The summed E-state index contributed by atoms with van der Waals surface area (Å²) in [5.74, 6) is 0. The molecule has 2 nitrogen and oxygen atoms in total. The lowest BCUT2D eigenvalue weighted by atomic mass is 9.88. The lowest BCUT2D eigenvalue weighted by Gasteiger charge is -2.42. The van der Waals surface area contributed by atoms with Crippen LogP contribution in [0.15, 0.2) is 0 Å². The maximum Gasteiger partial charge on any atom is 0.0248 e. The molecular formula is C12H26N2. The van der Waals surface area contributed by atoms with Crippen LogP contribution in [0.2, 0.25) is 0 Å². The van der Waals surface area contributed by atoms with Gasteiger partial charge in [0.2, 0.25) is 0 Å². The highest BCUT2D eigenvalue weighted by Gasteiger charge is 2.29. The van der Waals surface area contributed by atoms with Gasteiger partial charge in [0.1, 0.15) is 0 Å². The van der Waals surface area contributed by atoms with E-state index in [4.69, 9.17) is 0 Å². The molecule has 0 amide bonds. The molecule has 0 bridgehead atoms. The zero-order valence-electron chi connectivity index (χ0n) is 10.3. The Morgan fingerprint density at radius 1 is 0.857 bits per heavy atom. The first-order valence-electron chi connectivity index (χ1n) is 6.11. The van der Waals surface area contributed by atoms with Crippen molar-refractivity contribution in [2.45, 2.75) is 51.6 Å². The molecule has 1 rings (SSSR count). The average molecular weight is 198 g/mol. The largest absolute Gasteiger partial charge is 0.302 e. The van der Waals surface area contributed by atoms with Gasteiger partial charge in [-0.2, -0.15) is 0 Å². The van der Waals surface area contributed by atoms with Crippen molar-refractivity contribution in [3.8, 4) is 0 Å². The molecule has 0 aromatic rings. The van der Waals surface area contributed by atoms with Crippen LogP contribution in [0, 0.1) is 0 Å². The van der Waals surface area contributed by atoms with Crippen molar-refractivity contribution in [1.82, 2.24) is 9.80 Å². The highest BCUT2D eigenvalue weighted by atomic mass is 15.2. The average Bonchev–Trinajstić information content (AvgIpc) is 2.27. The van der Waals surface area contributed by atoms with E-state index in [1.54, 1.807) is 0 Å². The number of rotatable bonds is 4. The third-order valence-corrected chi connectivity index (χ3v) is 3.82. The third-order valence-electron chi connectivity index (χ3n) is 3.82. The molecule has 0 saturated heterocycles. The minimum absolute atomic E-state index is 0.790. The van der Waals surface area contributed by atoms with E-state index in [-0.39, 0.29) is 0 Å². The van der Waals surface area contributed by atoms with Gasteiger partial charge in [-0.1, -0.05) is 26.7 Å². The number of likely N-dealkylation sites (N-methyl/N-ethyl adjacent to an activating group) is 2. The molecule has 0 spiro atoms. The summed E-state index contributed by atoms with van der Waals surface area (Å²) in [6.45, 7) is 6.88. The van der Waals surface area contributed by atoms with E-state index in [1.807, 2.05) is 0 Å². The quantitative estimate of drug-likeness (QED) is 0.683. The van der Waals surface area contributed by atoms with Crippen molar-refractivity contribution >= 4 is 0 Å². The van der Waals surface area contributed by atoms with Gasteiger partial charge >= 0.3 is 0 Å². The fraction of sp³-hybridized carbons (Fsp3) is 1.00. The predicted molar refractivity (Wildman–Crippen MR) is 62.7 cm³/mol. The smallest absolute Gasteiger partial charge is 0.0248 e. The molecule has 1 aliphatic rings. The van der Waals surface area contributed by atoms with Crippen molar-refractivity contribution in [3.05, 3.63) is 0 Å². The number of nitrogens with zero attached hydrogens (tertiary/aromatic N) is 2. The molecule has 84 valence electrons. The first-order chi connectivity index (χ1) is 6.70. The van der Waals surface area contributed by atoms with E-state index >= 15 is 0 Å². The van der Waals surface area contributed by atoms with Gasteiger partial charge in [-0.25, -0.2) is 0 Å². The molecule has 0 N–H and O–H groups in total. The van der Waals surface area contributed by atoms with Crippen LogP contribution >= 0.6 is 0 Å². The lowest BCUT2D eigenvalue weighted by molar-refractivity contribution is 0.0841. The Bertz CT molecular complexity index is 140. The van der Waals surface area contributed by atoms with Crippen LogP contribution in [0.5, 0.6) is 0 Å². The molecule has 0 heterocycles. The first-order valence-corrected chi connectivity index (χ1v) is 6.11. The van der Waals surface area contributed by atoms with Crippen molar-refractivity contribution in [1.29, 1.82) is 0 Å². The Morgan fingerprint density at radius 2 is 1.21 bits per heavy atom. The molecule has 2 atom stereocenters. The summed E-state index contributed by atoms with van der Waals surface area (Å²) in [7, 11) is 4.54. The van der Waals surface area contributed by atoms with Crippen LogP contribution in [0.1, 0.15) is 39.5 Å². The van der Waals surface area contributed by atoms with Crippen LogP contribution in [-0.2, 0) is 0 Å². The van der Waals surface area contributed by atoms with Gasteiger partial charge in [0.05, 0.1) is 0 Å². The SMILES string of the molecule is CCN(C)[C@@H]1CCCC[C@H]1N(C)CC. The molecule has 1 saturated carbocycles. The van der Waals surface area contributed by atoms with Gasteiger partial charge in [-0.15, -0.1) is 0 Å². The van der Waals surface area contributed by atoms with Gasteiger partial charge in [0.25, 0.3) is 0 Å². The molecule has 0 aromatic carbocycles. The van der Waals surface area contributed by atoms with Gasteiger partial charge in [-0.05, 0) is 40.0 Å². The van der Waals surface area contributed by atoms with Gasteiger partial charge in [0, 0.05) is 12.1 Å². The van der Waals surface area contributed by atoms with Crippen molar-refractivity contribution in [2.24, 2.45) is 0 Å². The Labute approximate surface area is 89.3 Å². The Balaban J connectivity index is 2.58. The van der Waals surface area contributed by atoms with Crippen LogP contribution in [-0.4, -0.2) is 49.1 Å². The summed E-state index contributed by atoms with van der Waals surface area (Å²) in [4.78, 5) is 5.05. The summed E-state index contributed by atoms with van der Waals surface area (Å²) in [5, 5.41) is 0. The highest BCUT2D eigenvalue weighted by molar-refractivity contribution is 4.87. The fourth-order valence-electron chi connectivity index (χ4n) is 2.59. The Morgan fingerprint density at radius 3 is 1.50 bits per heavy atom. The predicted octanol–water partition coefficient (Wildman–Crippen LogP) is 2.20. The summed E-state index contributed by atoms with van der Waals surface area (Å²) in [6.07, 6.45) is 5.62. The second kappa shape index (κ2) is 5.72. The molecule has 1 aliphatic carbocycles. The minimum Gasteiger partial charge on any atom is -0.302 e. The van der Waals surface area contributed by atoms with E-state index in [0.29, 0.717) is 0 Å². The minimum atomic E-state index is 0.790. The number of hydrogen-bond donors (Lipinski definition) is 0. The maximum absolute atomic E-state index is 2.52. The molecule has 0 unspecified atom stereocenters. The molecule has 1 fully saturated rings. The summed E-state index contributed by atoms with van der Waals surface area (Å²) < 4.78 is 0. The molecule has 0 radical (unpaired) electrons. The lowest BCUT2D eigenvalue weighted by Crippen LogP contribution is -2.50. The summed E-state index contributed by atoms with van der Waals surface area (Å²) >= 11 is 0. The van der Waals surface area contributed by atoms with Crippen molar-refractivity contribution < 1.29 is 0 Å². The van der Waals surface area contributed by atoms with Crippen molar-refractivity contribution in [3.63, 3.8) is 0 Å². The standard InChI is InChI=1S/C12H26N2/c1-5-13(3)11-9-7-8-10-12(11)14(4)6-2/h11-12H,5-10H2,1-4H3/t11-,12-/m1/s1. The normalized spacial score (nSPS) is 28.7. The van der Waals surface area contributed by atoms with Gasteiger partial charge < -0.3 is 9.80 Å². The van der Waals surface area contributed by atoms with Crippen LogP contribution < -0.4 is 0 Å². The molecule has 14 heavy (non-hydrogen) atoms. The van der Waals surface area contributed by atoms with Crippen LogP contribution in [0.3, 0.4) is 0 Å². The van der Waals surface area contributed by atoms with Gasteiger partial charge in [0.15, 0.2) is 0 Å². The van der Waals surface area contributed by atoms with Crippen LogP contribution in [0.25, 0.3) is 0 Å². The Kier molecular flexibility index (Phi) is 4.90. The molecule has 0 aromatic heterocycles. The Hall–Kier alpha value is -0.0800. The third kappa shape index (κ3) is 2.71. The number of hydrogen-bond acceptors (Lipinski definition) is 2. The zero-order valence-corrected chi connectivity index (χ0v) is 10.3. The van der Waals surface area contributed by atoms with Crippen molar-refractivity contribution in [2.75, 3.05) is 27.2 Å². The van der Waals surface area contributed by atoms with E-state index in [2.05, 4.69) is 37.7 Å². The van der Waals surface area contributed by atoms with Crippen LogP contribution in [0.4, 0.5) is 0 Å². The molecule has 0 aliphatic heterocycles. The second-order valence-corrected chi connectivity index (χ2v) is 4.57. The first kappa shape index (κ1) is 12.0. The zero-order chi connectivity index (χ0) is 10.6. The fourth-order valence-corrected chi connectivity index (χ4v) is 2.59. The summed E-state index contributed by atoms with van der Waals surface area (Å²) in [6, 6.07) is 1.58. The molecular weight excluding hydrogens is 172 g/mol. The monoisotopic (exact) mass is 198 g/mol. The highest BCUT2D eigenvalue weighted by Crippen LogP contribution is 2.25. The maximum atomic E-state index is 2.52. The summed E-state index contributed by atoms with van der Waals surface area (Å²) in [5.41, 5.74) is 0. The van der Waals surface area contributed by atoms with Gasteiger partial charge in [-0.3, -0.25) is 0 Å². The second-order valence-electron chi connectivity index (χ2n) is 4.57. The topological polar surface area (TPSA) is 6.48 Å². The molecule has 2 heteroatoms. The van der Waals surface area contributed by atoms with E-state index in [1.165, 1.54) is 38.8 Å². The van der Waals surface area contributed by atoms with E-state index < -0.39 is 0 Å². The van der Waals surface area contributed by atoms with E-state index in [0.717, 1.165) is 12.1 Å². The van der Waals surface area contributed by atoms with E-state index in [9.17, 15) is 0 Å².